The van der Waals surface area contributed by atoms with Gasteiger partial charge in [0.05, 0.1) is 12.7 Å². The van der Waals surface area contributed by atoms with E-state index in [0.29, 0.717) is 5.01 Å². The molecule has 35 heavy (non-hydrogen) atoms. The van der Waals surface area contributed by atoms with E-state index in [1.165, 1.54) is 6.20 Å². The van der Waals surface area contributed by atoms with Crippen molar-refractivity contribution >= 4 is 29.3 Å². The molecule has 2 amide bonds. The molecule has 0 fully saturated rings. The molecule has 9 heteroatoms. The molecule has 0 unspecified atom stereocenters. The molecule has 3 aromatic rings. The van der Waals surface area contributed by atoms with Crippen molar-refractivity contribution in [2.24, 2.45) is 5.41 Å². The molecule has 1 aliphatic carbocycles. The Kier molecular flexibility index (Phi) is 6.88. The third-order valence-corrected chi connectivity index (χ3v) is 6.89. The fraction of sp³-hybridized carbons (Fsp3) is 0.308. The molecule has 1 heterocycles. The van der Waals surface area contributed by atoms with Crippen molar-refractivity contribution < 1.29 is 24.2 Å². The normalized spacial score (nSPS) is 13.5. The van der Waals surface area contributed by atoms with Gasteiger partial charge in [-0.2, -0.15) is 0 Å². The van der Waals surface area contributed by atoms with Gasteiger partial charge in [0.15, 0.2) is 0 Å². The number of aliphatic carboxylic acids is 1. The number of nitrogens with zero attached hydrogens (tertiary/aromatic N) is 1. The van der Waals surface area contributed by atoms with E-state index in [1.807, 2.05) is 24.3 Å². The van der Waals surface area contributed by atoms with E-state index in [1.54, 1.807) is 20.8 Å². The molecule has 0 saturated heterocycles. The first kappa shape index (κ1) is 24.4. The van der Waals surface area contributed by atoms with Crippen LogP contribution >= 0.6 is 11.3 Å². The number of aromatic nitrogens is 1. The number of rotatable bonds is 7. The van der Waals surface area contributed by atoms with E-state index in [-0.39, 0.29) is 23.9 Å². The van der Waals surface area contributed by atoms with Crippen LogP contribution in [0.3, 0.4) is 0 Å². The molecule has 3 N–H and O–H groups in total. The lowest BCUT2D eigenvalue weighted by atomic mass is 9.87. The van der Waals surface area contributed by atoms with Crippen molar-refractivity contribution in [3.8, 4) is 11.1 Å². The Morgan fingerprint density at radius 1 is 1.06 bits per heavy atom. The van der Waals surface area contributed by atoms with Crippen molar-refractivity contribution in [2.45, 2.75) is 39.3 Å². The standard InChI is InChI=1S/C26H27N3O5S/c1-26(2,3)22(24(31)32)29-23(30)20-12-27-21(35-20)13-28-25(33)34-14-19-17-10-6-4-8-15(17)16-9-5-7-11-18(16)19/h4-12,19,22H,13-14H2,1-3H3,(H,28,33)(H,29,30)(H,31,32)/t22-/m0/s1. The number of hydrogen-bond donors (Lipinski definition) is 3. The third kappa shape index (κ3) is 5.35. The lowest BCUT2D eigenvalue weighted by molar-refractivity contribution is -0.142. The SMILES string of the molecule is CC(C)(C)[C@@H](NC(=O)c1cnc(CNC(=O)OCC2c3ccccc3-c3ccccc32)s1)C(=O)O. The number of fused-ring (bicyclic) bond motifs is 3. The second kappa shape index (κ2) is 9.87. The van der Waals surface area contributed by atoms with Crippen LogP contribution < -0.4 is 10.6 Å². The maximum atomic E-state index is 12.5. The average molecular weight is 494 g/mol. The maximum Gasteiger partial charge on any atom is 0.407 e. The van der Waals surface area contributed by atoms with E-state index in [0.717, 1.165) is 33.6 Å². The van der Waals surface area contributed by atoms with Crippen LogP contribution in [0.4, 0.5) is 4.79 Å². The van der Waals surface area contributed by atoms with Crippen molar-refractivity contribution in [1.82, 2.24) is 15.6 Å². The highest BCUT2D eigenvalue weighted by molar-refractivity contribution is 7.13. The van der Waals surface area contributed by atoms with E-state index < -0.39 is 29.4 Å². The van der Waals surface area contributed by atoms with Crippen LogP contribution in [0.15, 0.2) is 54.7 Å². The molecule has 1 aliphatic rings. The van der Waals surface area contributed by atoms with Crippen molar-refractivity contribution in [3.63, 3.8) is 0 Å². The summed E-state index contributed by atoms with van der Waals surface area (Å²) in [6.45, 7) is 5.51. The Balaban J connectivity index is 1.32. The molecule has 0 saturated carbocycles. The molecule has 0 radical (unpaired) electrons. The fourth-order valence-corrected chi connectivity index (χ4v) is 4.91. The summed E-state index contributed by atoms with van der Waals surface area (Å²) in [5.41, 5.74) is 3.92. The molecule has 0 aliphatic heterocycles. The number of carbonyl (C=O) groups excluding carboxylic acids is 2. The van der Waals surface area contributed by atoms with E-state index >= 15 is 0 Å². The molecule has 1 atom stereocenters. The van der Waals surface area contributed by atoms with E-state index in [2.05, 4.69) is 39.9 Å². The fourth-order valence-electron chi connectivity index (χ4n) is 4.15. The summed E-state index contributed by atoms with van der Waals surface area (Å²) < 4.78 is 5.51. The van der Waals surface area contributed by atoms with Gasteiger partial charge in [-0.25, -0.2) is 14.6 Å². The summed E-state index contributed by atoms with van der Waals surface area (Å²) in [6.07, 6.45) is 0.794. The number of carbonyl (C=O) groups is 3. The van der Waals surface area contributed by atoms with Crippen LogP contribution in [0.1, 0.15) is 52.5 Å². The first-order chi connectivity index (χ1) is 16.6. The van der Waals surface area contributed by atoms with Crippen molar-refractivity contribution in [2.75, 3.05) is 6.61 Å². The number of alkyl carbamates (subject to hydrolysis) is 1. The minimum atomic E-state index is -1.10. The Morgan fingerprint density at radius 2 is 1.66 bits per heavy atom. The summed E-state index contributed by atoms with van der Waals surface area (Å²) in [4.78, 5) is 40.8. The first-order valence-electron chi connectivity index (χ1n) is 11.2. The van der Waals surface area contributed by atoms with E-state index in [9.17, 15) is 19.5 Å². The van der Waals surface area contributed by atoms with Gasteiger partial charge < -0.3 is 20.5 Å². The Hall–Kier alpha value is -3.72. The highest BCUT2D eigenvalue weighted by atomic mass is 32.1. The second-order valence-electron chi connectivity index (χ2n) is 9.41. The van der Waals surface area contributed by atoms with Gasteiger partial charge in [0.1, 0.15) is 22.5 Å². The zero-order chi connectivity index (χ0) is 25.2. The van der Waals surface area contributed by atoms with Crippen LogP contribution in [-0.2, 0) is 16.1 Å². The Morgan fingerprint density at radius 3 is 2.23 bits per heavy atom. The maximum absolute atomic E-state index is 12.5. The average Bonchev–Trinajstić information content (AvgIpc) is 3.42. The van der Waals surface area contributed by atoms with Crippen LogP contribution in [0.5, 0.6) is 0 Å². The zero-order valence-electron chi connectivity index (χ0n) is 19.7. The molecule has 0 spiro atoms. The predicted octanol–water partition coefficient (Wildman–Crippen LogP) is 4.41. The monoisotopic (exact) mass is 493 g/mol. The first-order valence-corrected chi connectivity index (χ1v) is 12.0. The molecular formula is C26H27N3O5S. The van der Waals surface area contributed by atoms with Crippen LogP contribution in [0.25, 0.3) is 11.1 Å². The summed E-state index contributed by atoms with van der Waals surface area (Å²) >= 11 is 1.09. The smallest absolute Gasteiger partial charge is 0.407 e. The molecule has 1 aromatic heterocycles. The number of ether oxygens (including phenoxy) is 1. The third-order valence-electron chi connectivity index (χ3n) is 5.89. The number of nitrogens with one attached hydrogen (secondary N) is 2. The largest absolute Gasteiger partial charge is 0.480 e. The Bertz CT molecular complexity index is 1220. The zero-order valence-corrected chi connectivity index (χ0v) is 20.5. The quantitative estimate of drug-likeness (QED) is 0.449. The molecule has 2 aromatic carbocycles. The van der Waals surface area contributed by atoms with Gasteiger partial charge in [0.25, 0.3) is 5.91 Å². The second-order valence-corrected chi connectivity index (χ2v) is 10.5. The number of hydrogen-bond acceptors (Lipinski definition) is 6. The Labute approximate surface area is 207 Å². The molecule has 0 bridgehead atoms. The minimum absolute atomic E-state index is 0.0340. The molecule has 4 rings (SSSR count). The lowest BCUT2D eigenvalue weighted by Crippen LogP contribution is -2.48. The van der Waals surface area contributed by atoms with Gasteiger partial charge in [-0.05, 0) is 27.7 Å². The summed E-state index contributed by atoms with van der Waals surface area (Å²) in [5.74, 6) is -1.65. The number of amides is 2. The molecule has 182 valence electrons. The van der Waals surface area contributed by atoms with Crippen LogP contribution in [0.2, 0.25) is 0 Å². The topological polar surface area (TPSA) is 118 Å². The van der Waals surface area contributed by atoms with Gasteiger partial charge in [0.2, 0.25) is 0 Å². The van der Waals surface area contributed by atoms with Crippen LogP contribution in [0, 0.1) is 5.41 Å². The van der Waals surface area contributed by atoms with Crippen LogP contribution in [-0.4, -0.2) is 40.7 Å². The van der Waals surface area contributed by atoms with Gasteiger partial charge in [-0.15, -0.1) is 11.3 Å². The summed E-state index contributed by atoms with van der Waals surface area (Å²) in [6, 6.07) is 15.2. The highest BCUT2D eigenvalue weighted by Gasteiger charge is 2.33. The molecular weight excluding hydrogens is 466 g/mol. The number of benzene rings is 2. The van der Waals surface area contributed by atoms with Crippen molar-refractivity contribution in [1.29, 1.82) is 0 Å². The molecule has 8 nitrogen and oxygen atoms in total. The summed E-state index contributed by atoms with van der Waals surface area (Å²) in [5, 5.41) is 15.1. The number of carboxylic acid groups (broad SMARTS) is 1. The van der Waals surface area contributed by atoms with Gasteiger partial charge in [-0.1, -0.05) is 69.3 Å². The van der Waals surface area contributed by atoms with Gasteiger partial charge in [-0.3, -0.25) is 4.79 Å². The van der Waals surface area contributed by atoms with E-state index in [4.69, 9.17) is 4.74 Å². The predicted molar refractivity (Wildman–Crippen MR) is 132 cm³/mol. The number of carboxylic acids is 1. The highest BCUT2D eigenvalue weighted by Crippen LogP contribution is 2.44. The van der Waals surface area contributed by atoms with Gasteiger partial charge >= 0.3 is 12.1 Å². The minimum Gasteiger partial charge on any atom is -0.480 e. The van der Waals surface area contributed by atoms with Gasteiger partial charge in [0, 0.05) is 5.92 Å². The lowest BCUT2D eigenvalue weighted by Gasteiger charge is -2.27. The van der Waals surface area contributed by atoms with Crippen molar-refractivity contribution in [3.05, 3.63) is 75.7 Å². The summed E-state index contributed by atoms with van der Waals surface area (Å²) in [7, 11) is 0. The number of thiazole rings is 1.